The minimum atomic E-state index is -0.0706. The van der Waals surface area contributed by atoms with Crippen LogP contribution >= 0.6 is 0 Å². The number of amides is 1. The maximum absolute atomic E-state index is 12.4. The third kappa shape index (κ3) is 3.54. The van der Waals surface area contributed by atoms with Crippen LogP contribution in [0.2, 0.25) is 0 Å². The van der Waals surface area contributed by atoms with Gasteiger partial charge in [0.05, 0.1) is 12.1 Å². The first kappa shape index (κ1) is 21.2. The Kier molecular flexibility index (Phi) is 5.78. The van der Waals surface area contributed by atoms with Gasteiger partial charge in [-0.1, -0.05) is 49.4 Å². The monoisotopic (exact) mass is 431 g/mol. The Hall–Kier alpha value is -2.63. The number of piperidine rings is 1. The summed E-state index contributed by atoms with van der Waals surface area (Å²) < 4.78 is 6.40. The number of hydrogen-bond donors (Lipinski definition) is 2. The van der Waals surface area contributed by atoms with Gasteiger partial charge in [-0.05, 0) is 55.6 Å². The van der Waals surface area contributed by atoms with Gasteiger partial charge in [0.25, 0.3) is 0 Å². The second-order valence-electron chi connectivity index (χ2n) is 9.15. The van der Waals surface area contributed by atoms with Gasteiger partial charge in [0.15, 0.2) is 0 Å². The van der Waals surface area contributed by atoms with Crippen LogP contribution in [0.25, 0.3) is 10.9 Å². The number of para-hydroxylation sites is 1. The van der Waals surface area contributed by atoms with E-state index in [9.17, 15) is 4.79 Å². The number of ether oxygens (including phenoxy) is 1. The van der Waals surface area contributed by atoms with E-state index in [0.29, 0.717) is 13.0 Å². The summed E-state index contributed by atoms with van der Waals surface area (Å²) in [7, 11) is 0. The molecule has 1 spiro atoms. The number of likely N-dealkylation sites (tertiary alicyclic amines) is 1. The molecule has 5 rings (SSSR count). The number of aromatic amines is 1. The Balaban J connectivity index is 1.39. The molecule has 5 nitrogen and oxygen atoms in total. The number of rotatable bonds is 6. The summed E-state index contributed by atoms with van der Waals surface area (Å²) >= 11 is 0. The quantitative estimate of drug-likeness (QED) is 0.595. The van der Waals surface area contributed by atoms with Gasteiger partial charge in [-0.2, -0.15) is 0 Å². The van der Waals surface area contributed by atoms with Gasteiger partial charge in [-0.15, -0.1) is 0 Å². The van der Waals surface area contributed by atoms with Gasteiger partial charge in [-0.3, -0.25) is 9.69 Å². The zero-order valence-electron chi connectivity index (χ0n) is 19.1. The maximum Gasteiger partial charge on any atom is 0.220 e. The van der Waals surface area contributed by atoms with Gasteiger partial charge >= 0.3 is 0 Å². The SMILES string of the molecule is CCO[C@H]1[C@H](NC(=O)CC)c2ccccc2C12CCN(Cc1c[nH]c3ccccc13)CC2. The predicted molar refractivity (Wildman–Crippen MR) is 128 cm³/mol. The molecule has 2 aromatic carbocycles. The molecule has 2 atom stereocenters. The van der Waals surface area contributed by atoms with Crippen LogP contribution in [0.3, 0.4) is 0 Å². The number of benzene rings is 2. The van der Waals surface area contributed by atoms with Crippen molar-refractivity contribution < 1.29 is 9.53 Å². The molecule has 1 amide bonds. The van der Waals surface area contributed by atoms with E-state index in [0.717, 1.165) is 32.5 Å². The maximum atomic E-state index is 12.4. The van der Waals surface area contributed by atoms with Crippen LogP contribution in [-0.4, -0.2) is 41.6 Å². The molecule has 0 saturated carbocycles. The lowest BCUT2D eigenvalue weighted by molar-refractivity contribution is -0.123. The average Bonchev–Trinajstić information content (AvgIpc) is 3.34. The van der Waals surface area contributed by atoms with Crippen LogP contribution in [0, 0.1) is 0 Å². The number of nitrogens with zero attached hydrogens (tertiary/aromatic N) is 1. The fourth-order valence-electron chi connectivity index (χ4n) is 5.89. The molecule has 5 heteroatoms. The Labute approximate surface area is 190 Å². The Morgan fingerprint density at radius 2 is 1.88 bits per heavy atom. The first-order chi connectivity index (χ1) is 15.7. The van der Waals surface area contributed by atoms with Crippen LogP contribution in [-0.2, 0) is 21.5 Å². The number of fused-ring (bicyclic) bond motifs is 3. The van der Waals surface area contributed by atoms with Crippen molar-refractivity contribution in [2.45, 2.75) is 57.2 Å². The Morgan fingerprint density at radius 3 is 2.66 bits per heavy atom. The number of carbonyl (C=O) groups is 1. The zero-order valence-corrected chi connectivity index (χ0v) is 19.1. The molecule has 2 N–H and O–H groups in total. The van der Waals surface area contributed by atoms with Crippen LogP contribution < -0.4 is 5.32 Å². The molecule has 1 aliphatic carbocycles. The highest BCUT2D eigenvalue weighted by Gasteiger charge is 2.54. The molecule has 3 aromatic rings. The lowest BCUT2D eigenvalue weighted by atomic mass is 9.71. The van der Waals surface area contributed by atoms with Crippen molar-refractivity contribution >= 4 is 16.8 Å². The predicted octanol–water partition coefficient (Wildman–Crippen LogP) is 4.69. The molecule has 1 saturated heterocycles. The molecule has 0 bridgehead atoms. The molecule has 168 valence electrons. The molecule has 2 heterocycles. The second kappa shape index (κ2) is 8.72. The van der Waals surface area contributed by atoms with E-state index in [1.807, 2.05) is 6.92 Å². The number of carbonyl (C=O) groups excluding carboxylic acids is 1. The van der Waals surface area contributed by atoms with E-state index in [-0.39, 0.29) is 23.5 Å². The fourth-order valence-corrected chi connectivity index (χ4v) is 5.89. The fraction of sp³-hybridized carbons (Fsp3) is 0.444. The van der Waals surface area contributed by atoms with E-state index in [4.69, 9.17) is 4.74 Å². The molecule has 0 unspecified atom stereocenters. The summed E-state index contributed by atoms with van der Waals surface area (Å²) in [5.74, 6) is 0.0864. The summed E-state index contributed by atoms with van der Waals surface area (Å²) in [6.07, 6.45) is 4.70. The number of aromatic nitrogens is 1. The van der Waals surface area contributed by atoms with E-state index >= 15 is 0 Å². The van der Waals surface area contributed by atoms with Crippen molar-refractivity contribution in [1.82, 2.24) is 15.2 Å². The van der Waals surface area contributed by atoms with Crippen LogP contribution in [0.1, 0.15) is 55.8 Å². The highest BCUT2D eigenvalue weighted by Crippen LogP contribution is 2.52. The van der Waals surface area contributed by atoms with Gasteiger partial charge in [-0.25, -0.2) is 0 Å². The van der Waals surface area contributed by atoms with Crippen LogP contribution in [0.15, 0.2) is 54.7 Å². The molecule has 1 fully saturated rings. The molecular weight excluding hydrogens is 398 g/mol. The lowest BCUT2D eigenvalue weighted by Crippen LogP contribution is -2.50. The summed E-state index contributed by atoms with van der Waals surface area (Å²) in [5, 5.41) is 4.59. The topological polar surface area (TPSA) is 57.4 Å². The van der Waals surface area contributed by atoms with E-state index in [1.165, 1.54) is 27.6 Å². The van der Waals surface area contributed by atoms with Crippen molar-refractivity contribution in [2.24, 2.45) is 0 Å². The number of hydrogen-bond acceptors (Lipinski definition) is 3. The molecule has 32 heavy (non-hydrogen) atoms. The molecule has 1 aliphatic heterocycles. The molecular formula is C27H33N3O2. The summed E-state index contributed by atoms with van der Waals surface area (Å²) in [6, 6.07) is 17.1. The van der Waals surface area contributed by atoms with Crippen molar-refractivity contribution in [1.29, 1.82) is 0 Å². The first-order valence-corrected chi connectivity index (χ1v) is 11.9. The van der Waals surface area contributed by atoms with E-state index < -0.39 is 0 Å². The molecule has 1 aromatic heterocycles. The van der Waals surface area contributed by atoms with E-state index in [2.05, 4.69) is 76.9 Å². The van der Waals surface area contributed by atoms with Crippen molar-refractivity contribution in [3.05, 3.63) is 71.4 Å². The minimum absolute atomic E-state index is 0.0179. The van der Waals surface area contributed by atoms with Crippen molar-refractivity contribution in [3.8, 4) is 0 Å². The normalized spacial score (nSPS) is 22.3. The lowest BCUT2D eigenvalue weighted by Gasteiger charge is -2.44. The van der Waals surface area contributed by atoms with Crippen LogP contribution in [0.4, 0.5) is 0 Å². The largest absolute Gasteiger partial charge is 0.375 e. The smallest absolute Gasteiger partial charge is 0.220 e. The van der Waals surface area contributed by atoms with Crippen LogP contribution in [0.5, 0.6) is 0 Å². The summed E-state index contributed by atoms with van der Waals surface area (Å²) in [5.41, 5.74) is 5.11. The molecule has 2 aliphatic rings. The number of nitrogens with one attached hydrogen (secondary N) is 2. The van der Waals surface area contributed by atoms with Crippen molar-refractivity contribution in [2.75, 3.05) is 19.7 Å². The average molecular weight is 432 g/mol. The Bertz CT molecular complexity index is 1100. The zero-order chi connectivity index (χ0) is 22.1. The number of H-pyrrole nitrogens is 1. The molecule has 0 radical (unpaired) electrons. The summed E-state index contributed by atoms with van der Waals surface area (Å²) in [4.78, 5) is 18.3. The van der Waals surface area contributed by atoms with Gasteiger partial charge < -0.3 is 15.0 Å². The minimum Gasteiger partial charge on any atom is -0.375 e. The second-order valence-corrected chi connectivity index (χ2v) is 9.15. The highest BCUT2D eigenvalue weighted by atomic mass is 16.5. The van der Waals surface area contributed by atoms with Gasteiger partial charge in [0.2, 0.25) is 5.91 Å². The Morgan fingerprint density at radius 1 is 1.12 bits per heavy atom. The third-order valence-electron chi connectivity index (χ3n) is 7.48. The third-order valence-corrected chi connectivity index (χ3v) is 7.48. The van der Waals surface area contributed by atoms with Gasteiger partial charge in [0.1, 0.15) is 0 Å². The standard InChI is InChI=1S/C27H33N3O2/c1-3-24(31)29-25-21-10-5-7-11-22(21)27(26(25)32-4-2)13-15-30(16-14-27)18-19-17-28-23-12-8-6-9-20(19)23/h5-12,17,25-26,28H,3-4,13-16,18H2,1-2H3,(H,29,31)/t25-,26+/m1/s1. The van der Waals surface area contributed by atoms with Crippen molar-refractivity contribution in [3.63, 3.8) is 0 Å². The highest BCUT2D eigenvalue weighted by molar-refractivity contribution is 5.83. The summed E-state index contributed by atoms with van der Waals surface area (Å²) in [6.45, 7) is 7.61. The van der Waals surface area contributed by atoms with Gasteiger partial charge in [0, 0.05) is 42.1 Å². The first-order valence-electron chi connectivity index (χ1n) is 11.9. The van der Waals surface area contributed by atoms with E-state index in [1.54, 1.807) is 0 Å².